The number of piperidine rings is 1. The maximum Gasteiger partial charge on any atom is 0.323 e. The molecule has 1 aliphatic rings. The fourth-order valence-corrected chi connectivity index (χ4v) is 3.04. The molecule has 0 aliphatic carbocycles. The van der Waals surface area contributed by atoms with Gasteiger partial charge in [0.05, 0.1) is 5.69 Å². The van der Waals surface area contributed by atoms with Crippen molar-refractivity contribution in [3.63, 3.8) is 0 Å². The van der Waals surface area contributed by atoms with Crippen LogP contribution in [0.15, 0.2) is 5.38 Å². The van der Waals surface area contributed by atoms with Crippen LogP contribution >= 0.6 is 11.3 Å². The first-order valence-electron chi connectivity index (χ1n) is 6.84. The van der Waals surface area contributed by atoms with E-state index in [4.69, 9.17) is 0 Å². The summed E-state index contributed by atoms with van der Waals surface area (Å²) >= 11 is 1.47. The molecule has 2 amide bonds. The summed E-state index contributed by atoms with van der Waals surface area (Å²) in [5.41, 5.74) is 1.04. The van der Waals surface area contributed by atoms with E-state index in [1.807, 2.05) is 5.38 Å². The molecule has 2 rings (SSSR count). The summed E-state index contributed by atoms with van der Waals surface area (Å²) in [6.07, 6.45) is 3.96. The Kier molecular flexibility index (Phi) is 5.15. The molecule has 0 aromatic carbocycles. The van der Waals surface area contributed by atoms with Crippen molar-refractivity contribution in [2.45, 2.75) is 32.6 Å². The van der Waals surface area contributed by atoms with Gasteiger partial charge in [0.25, 0.3) is 0 Å². The molecule has 106 valence electrons. The smallest absolute Gasteiger partial charge is 0.323 e. The lowest BCUT2D eigenvalue weighted by atomic mass is 9.99. The van der Waals surface area contributed by atoms with Crippen LogP contribution in [0.4, 0.5) is 9.93 Å². The predicted octanol–water partition coefficient (Wildman–Crippen LogP) is 2.33. The number of carbonyl (C=O) groups excluding carboxylic acids is 1. The second-order valence-electron chi connectivity index (χ2n) is 4.96. The number of thiazole rings is 1. The van der Waals surface area contributed by atoms with Crippen LogP contribution in [0.25, 0.3) is 0 Å². The molecule has 0 spiro atoms. The van der Waals surface area contributed by atoms with Crippen molar-refractivity contribution in [2.24, 2.45) is 5.92 Å². The lowest BCUT2D eigenvalue weighted by Crippen LogP contribution is -2.43. The van der Waals surface area contributed by atoms with E-state index in [1.165, 1.54) is 11.3 Å². The Hall–Kier alpha value is -1.14. The number of urea groups is 1. The topological polar surface area (TPSA) is 65.5 Å². The first-order chi connectivity index (χ1) is 9.22. The van der Waals surface area contributed by atoms with Gasteiger partial charge in [-0.1, -0.05) is 13.3 Å². The molecule has 6 heteroatoms. The summed E-state index contributed by atoms with van der Waals surface area (Å²) in [4.78, 5) is 18.2. The van der Waals surface area contributed by atoms with Crippen LogP contribution in [0, 0.1) is 5.92 Å². The lowest BCUT2D eigenvalue weighted by Gasteiger charge is -2.31. The van der Waals surface area contributed by atoms with Gasteiger partial charge in [-0.15, -0.1) is 11.3 Å². The van der Waals surface area contributed by atoms with Crippen LogP contribution in [-0.2, 0) is 6.42 Å². The van der Waals surface area contributed by atoms with Crippen LogP contribution < -0.4 is 5.32 Å². The summed E-state index contributed by atoms with van der Waals surface area (Å²) in [6.45, 7) is 3.66. The molecule has 19 heavy (non-hydrogen) atoms. The van der Waals surface area contributed by atoms with Gasteiger partial charge in [-0.05, 0) is 25.2 Å². The van der Waals surface area contributed by atoms with E-state index in [1.54, 1.807) is 4.90 Å². The first kappa shape index (κ1) is 14.3. The molecule has 0 saturated carbocycles. The highest BCUT2D eigenvalue weighted by Gasteiger charge is 2.23. The minimum atomic E-state index is -0.101. The third-order valence-electron chi connectivity index (χ3n) is 3.34. The first-order valence-corrected chi connectivity index (χ1v) is 7.72. The maximum atomic E-state index is 12.1. The van der Waals surface area contributed by atoms with Crippen molar-refractivity contribution in [1.82, 2.24) is 9.88 Å². The number of rotatable bonds is 4. The molecule has 1 fully saturated rings. The summed E-state index contributed by atoms with van der Waals surface area (Å²) < 4.78 is 0. The van der Waals surface area contributed by atoms with Gasteiger partial charge in [-0.25, -0.2) is 9.78 Å². The lowest BCUT2D eigenvalue weighted by molar-refractivity contribution is 0.136. The summed E-state index contributed by atoms with van der Waals surface area (Å²) in [5.74, 6) is 0.214. The number of aliphatic hydroxyl groups is 1. The molecule has 2 N–H and O–H groups in total. The predicted molar refractivity (Wildman–Crippen MR) is 76.5 cm³/mol. The molecule has 1 aliphatic heterocycles. The second kappa shape index (κ2) is 6.86. The van der Waals surface area contributed by atoms with Crippen molar-refractivity contribution >= 4 is 22.5 Å². The summed E-state index contributed by atoms with van der Waals surface area (Å²) in [6, 6.07) is -0.101. The van der Waals surface area contributed by atoms with Gasteiger partial charge in [-0.2, -0.15) is 0 Å². The number of nitrogens with zero attached hydrogens (tertiary/aromatic N) is 2. The van der Waals surface area contributed by atoms with Gasteiger partial charge < -0.3 is 10.0 Å². The average Bonchev–Trinajstić information content (AvgIpc) is 2.86. The molecule has 1 aromatic rings. The molecule has 2 heterocycles. The molecule has 1 unspecified atom stereocenters. The standard InChI is InChI=1S/C13H21N3O2S/c1-2-4-11-9-19-12(14-11)15-13(18)16-6-3-5-10(7-16)8-17/h9-10,17H,2-8H2,1H3,(H,14,15,18). The van der Waals surface area contributed by atoms with E-state index in [2.05, 4.69) is 17.2 Å². The van der Waals surface area contributed by atoms with E-state index in [0.29, 0.717) is 11.7 Å². The highest BCUT2D eigenvalue weighted by molar-refractivity contribution is 7.13. The molecular weight excluding hydrogens is 262 g/mol. The quantitative estimate of drug-likeness (QED) is 0.891. The molecule has 0 radical (unpaired) electrons. The highest BCUT2D eigenvalue weighted by Crippen LogP contribution is 2.20. The number of nitrogens with one attached hydrogen (secondary N) is 1. The number of carbonyl (C=O) groups is 1. The number of amides is 2. The molecule has 0 bridgehead atoms. The fraction of sp³-hybridized carbons (Fsp3) is 0.692. The van der Waals surface area contributed by atoms with Crippen molar-refractivity contribution in [1.29, 1.82) is 0 Å². The van der Waals surface area contributed by atoms with Crippen LogP contribution in [0.1, 0.15) is 31.9 Å². The van der Waals surface area contributed by atoms with E-state index >= 15 is 0 Å². The van der Waals surface area contributed by atoms with Crippen molar-refractivity contribution in [3.8, 4) is 0 Å². The minimum absolute atomic E-state index is 0.101. The Morgan fingerprint density at radius 3 is 3.26 bits per heavy atom. The van der Waals surface area contributed by atoms with E-state index in [0.717, 1.165) is 37.9 Å². The number of likely N-dealkylation sites (tertiary alicyclic amines) is 1. The molecular formula is C13H21N3O2S. The Morgan fingerprint density at radius 2 is 2.53 bits per heavy atom. The monoisotopic (exact) mass is 283 g/mol. The number of aliphatic hydroxyl groups excluding tert-OH is 1. The second-order valence-corrected chi connectivity index (χ2v) is 5.82. The van der Waals surface area contributed by atoms with E-state index < -0.39 is 0 Å². The zero-order valence-corrected chi connectivity index (χ0v) is 12.1. The number of aryl methyl sites for hydroxylation is 1. The number of aromatic nitrogens is 1. The van der Waals surface area contributed by atoms with Gasteiger partial charge >= 0.3 is 6.03 Å². The molecule has 5 nitrogen and oxygen atoms in total. The minimum Gasteiger partial charge on any atom is -0.396 e. The molecule has 1 aromatic heterocycles. The molecule has 1 atom stereocenters. The zero-order valence-electron chi connectivity index (χ0n) is 11.3. The van der Waals surface area contributed by atoms with Crippen LogP contribution in [-0.4, -0.2) is 40.7 Å². The van der Waals surface area contributed by atoms with Crippen molar-refractivity contribution < 1.29 is 9.90 Å². The molecule has 1 saturated heterocycles. The van der Waals surface area contributed by atoms with Crippen LogP contribution in [0.5, 0.6) is 0 Å². The zero-order chi connectivity index (χ0) is 13.7. The van der Waals surface area contributed by atoms with E-state index in [-0.39, 0.29) is 18.6 Å². The van der Waals surface area contributed by atoms with Gasteiger partial charge in [-0.3, -0.25) is 5.32 Å². The number of hydrogen-bond acceptors (Lipinski definition) is 4. The van der Waals surface area contributed by atoms with Crippen molar-refractivity contribution in [3.05, 3.63) is 11.1 Å². The number of anilines is 1. The van der Waals surface area contributed by atoms with E-state index in [9.17, 15) is 9.90 Å². The SMILES string of the molecule is CCCc1csc(NC(=O)N2CCCC(CO)C2)n1. The van der Waals surface area contributed by atoms with Gasteiger partial charge in [0.1, 0.15) is 0 Å². The Morgan fingerprint density at radius 1 is 1.68 bits per heavy atom. The van der Waals surface area contributed by atoms with Crippen LogP contribution in [0.2, 0.25) is 0 Å². The Balaban J connectivity index is 1.88. The Labute approximate surface area is 117 Å². The normalized spacial score (nSPS) is 19.5. The maximum absolute atomic E-state index is 12.1. The highest BCUT2D eigenvalue weighted by atomic mass is 32.1. The van der Waals surface area contributed by atoms with Gasteiger partial charge in [0.2, 0.25) is 0 Å². The van der Waals surface area contributed by atoms with Gasteiger partial charge in [0.15, 0.2) is 5.13 Å². The largest absolute Gasteiger partial charge is 0.396 e. The fourth-order valence-electron chi connectivity index (χ4n) is 2.30. The van der Waals surface area contributed by atoms with Crippen molar-refractivity contribution in [2.75, 3.05) is 25.0 Å². The number of hydrogen-bond donors (Lipinski definition) is 2. The van der Waals surface area contributed by atoms with Gasteiger partial charge in [0, 0.05) is 25.1 Å². The Bertz CT molecular complexity index is 422. The summed E-state index contributed by atoms with van der Waals surface area (Å²) in [5, 5.41) is 14.7. The van der Waals surface area contributed by atoms with Crippen LogP contribution in [0.3, 0.4) is 0 Å². The summed E-state index contributed by atoms with van der Waals surface area (Å²) in [7, 11) is 0. The third-order valence-corrected chi connectivity index (χ3v) is 4.14. The average molecular weight is 283 g/mol. The third kappa shape index (κ3) is 3.91.